The van der Waals surface area contributed by atoms with Gasteiger partial charge in [-0.25, -0.2) is 9.59 Å². The molecule has 3 rings (SSSR count). The number of nitrogens with one attached hydrogen (secondary N) is 1. The van der Waals surface area contributed by atoms with Crippen molar-refractivity contribution in [3.8, 4) is 0 Å². The van der Waals surface area contributed by atoms with Gasteiger partial charge in [0.15, 0.2) is 0 Å². The van der Waals surface area contributed by atoms with Crippen molar-refractivity contribution in [1.29, 1.82) is 0 Å². The molecule has 1 aromatic rings. The molecule has 0 spiro atoms. The van der Waals surface area contributed by atoms with Crippen molar-refractivity contribution < 1.29 is 19.1 Å². The van der Waals surface area contributed by atoms with E-state index >= 15 is 0 Å². The van der Waals surface area contributed by atoms with Crippen molar-refractivity contribution in [2.75, 3.05) is 45.9 Å². The molecule has 1 saturated heterocycles. The normalized spacial score (nSPS) is 19.5. The third-order valence-corrected chi connectivity index (χ3v) is 6.55. The summed E-state index contributed by atoms with van der Waals surface area (Å²) in [5.74, 6) is -0.385. The fraction of sp³-hybridized carbons (Fsp3) is 0.519. The van der Waals surface area contributed by atoms with Crippen LogP contribution in [0.15, 0.2) is 48.2 Å². The van der Waals surface area contributed by atoms with Crippen LogP contribution in [0.1, 0.15) is 51.8 Å². The zero-order chi connectivity index (χ0) is 25.8. The number of piperazine rings is 1. The van der Waals surface area contributed by atoms with Gasteiger partial charge in [0.05, 0.1) is 18.2 Å². The van der Waals surface area contributed by atoms with E-state index in [2.05, 4.69) is 37.6 Å². The van der Waals surface area contributed by atoms with Crippen LogP contribution in [0.3, 0.4) is 0 Å². The average Bonchev–Trinajstić information content (AvgIpc) is 2.81. The highest BCUT2D eigenvalue weighted by Crippen LogP contribution is 2.33. The molecule has 0 saturated carbocycles. The topological polar surface area (TPSA) is 82.2 Å². The van der Waals surface area contributed by atoms with Crippen molar-refractivity contribution in [1.82, 2.24) is 20.0 Å². The highest BCUT2D eigenvalue weighted by Gasteiger charge is 2.38. The SMILES string of the molecule is C=CCN1C(=O)NC(c2ccc(C(C)(C)C)cc2)C(C(=O)OCC)=C1CN1CCN(C(C)=O)CC1. The molecule has 1 aromatic carbocycles. The molecule has 1 fully saturated rings. The Morgan fingerprint density at radius 1 is 1.14 bits per heavy atom. The summed E-state index contributed by atoms with van der Waals surface area (Å²) in [6.45, 7) is 17.0. The van der Waals surface area contributed by atoms with E-state index in [4.69, 9.17) is 4.74 Å². The van der Waals surface area contributed by atoms with Gasteiger partial charge in [0, 0.05) is 51.9 Å². The van der Waals surface area contributed by atoms with E-state index in [-0.39, 0.29) is 30.5 Å². The molecule has 1 unspecified atom stereocenters. The maximum absolute atomic E-state index is 13.3. The molecule has 1 N–H and O–H groups in total. The molecule has 2 heterocycles. The summed E-state index contributed by atoms with van der Waals surface area (Å²) in [6, 6.07) is 7.13. The summed E-state index contributed by atoms with van der Waals surface area (Å²) in [6.07, 6.45) is 1.65. The van der Waals surface area contributed by atoms with Crippen LogP contribution in [0.2, 0.25) is 0 Å². The first-order valence-electron chi connectivity index (χ1n) is 12.2. The number of carbonyl (C=O) groups excluding carboxylic acids is 3. The van der Waals surface area contributed by atoms with Gasteiger partial charge >= 0.3 is 12.0 Å². The third-order valence-electron chi connectivity index (χ3n) is 6.55. The zero-order valence-corrected chi connectivity index (χ0v) is 21.6. The van der Waals surface area contributed by atoms with Crippen LogP contribution in [0, 0.1) is 0 Å². The van der Waals surface area contributed by atoms with Gasteiger partial charge in [-0.15, -0.1) is 6.58 Å². The van der Waals surface area contributed by atoms with Crippen LogP contribution in [0.25, 0.3) is 0 Å². The Morgan fingerprint density at radius 2 is 1.77 bits per heavy atom. The lowest BCUT2D eigenvalue weighted by molar-refractivity contribution is -0.139. The Kier molecular flexibility index (Phi) is 8.38. The van der Waals surface area contributed by atoms with Gasteiger partial charge in [0.1, 0.15) is 0 Å². The number of amides is 3. The second kappa shape index (κ2) is 11.1. The first-order valence-corrected chi connectivity index (χ1v) is 12.2. The second-order valence-electron chi connectivity index (χ2n) is 10.0. The van der Waals surface area contributed by atoms with Crippen LogP contribution in [0.4, 0.5) is 4.79 Å². The second-order valence-corrected chi connectivity index (χ2v) is 10.0. The van der Waals surface area contributed by atoms with E-state index in [0.29, 0.717) is 44.0 Å². The van der Waals surface area contributed by atoms with Crippen LogP contribution in [-0.2, 0) is 19.7 Å². The number of benzene rings is 1. The van der Waals surface area contributed by atoms with Crippen molar-refractivity contribution >= 4 is 17.9 Å². The number of ether oxygens (including phenoxy) is 1. The fourth-order valence-corrected chi connectivity index (χ4v) is 4.50. The minimum absolute atomic E-state index is 0.0118. The summed E-state index contributed by atoms with van der Waals surface area (Å²) in [7, 11) is 0. The average molecular weight is 483 g/mol. The number of carbonyl (C=O) groups is 3. The first-order chi connectivity index (χ1) is 16.6. The van der Waals surface area contributed by atoms with Crippen LogP contribution < -0.4 is 5.32 Å². The lowest BCUT2D eigenvalue weighted by Crippen LogP contribution is -2.53. The van der Waals surface area contributed by atoms with E-state index in [9.17, 15) is 14.4 Å². The predicted molar refractivity (Wildman–Crippen MR) is 136 cm³/mol. The monoisotopic (exact) mass is 482 g/mol. The molecule has 0 aromatic heterocycles. The summed E-state index contributed by atoms with van der Waals surface area (Å²) in [5.41, 5.74) is 3.04. The van der Waals surface area contributed by atoms with E-state index in [0.717, 1.165) is 5.56 Å². The molecule has 8 heteroatoms. The Morgan fingerprint density at radius 3 is 2.29 bits per heavy atom. The third kappa shape index (κ3) is 6.11. The number of esters is 1. The van der Waals surface area contributed by atoms with Crippen LogP contribution >= 0.6 is 0 Å². The van der Waals surface area contributed by atoms with Gasteiger partial charge in [-0.2, -0.15) is 0 Å². The predicted octanol–water partition coefficient (Wildman–Crippen LogP) is 3.22. The molecule has 2 aliphatic heterocycles. The Labute approximate surface area is 208 Å². The molecule has 0 bridgehead atoms. The van der Waals surface area contributed by atoms with Crippen molar-refractivity contribution in [2.45, 2.75) is 46.1 Å². The van der Waals surface area contributed by atoms with Gasteiger partial charge in [-0.1, -0.05) is 51.1 Å². The number of urea groups is 1. The maximum Gasteiger partial charge on any atom is 0.338 e. The van der Waals surface area contributed by atoms with Gasteiger partial charge in [-0.3, -0.25) is 14.6 Å². The number of hydrogen-bond donors (Lipinski definition) is 1. The van der Waals surface area contributed by atoms with Crippen molar-refractivity contribution in [3.05, 3.63) is 59.3 Å². The lowest BCUT2D eigenvalue weighted by atomic mass is 9.85. The standard InChI is InChI=1S/C27H38N4O4/c1-7-13-31-22(18-29-14-16-30(17-15-29)19(3)32)23(25(33)35-8-2)24(28-26(31)34)20-9-11-21(12-10-20)27(4,5)6/h7,9-12,24H,1,8,13-18H2,2-6H3,(H,28,34). The summed E-state index contributed by atoms with van der Waals surface area (Å²) in [5, 5.41) is 3.01. The Balaban J connectivity index is 2.03. The van der Waals surface area contributed by atoms with E-state index < -0.39 is 12.0 Å². The first kappa shape index (κ1) is 26.5. The molecular formula is C27H38N4O4. The molecule has 1 atom stereocenters. The Bertz CT molecular complexity index is 985. The minimum Gasteiger partial charge on any atom is -0.463 e. The molecule has 35 heavy (non-hydrogen) atoms. The number of nitrogens with zero attached hydrogens (tertiary/aromatic N) is 3. The number of hydrogen-bond acceptors (Lipinski definition) is 5. The zero-order valence-electron chi connectivity index (χ0n) is 21.6. The quantitative estimate of drug-likeness (QED) is 0.477. The maximum atomic E-state index is 13.3. The van der Waals surface area contributed by atoms with Crippen LogP contribution in [-0.4, -0.2) is 78.5 Å². The molecule has 2 aliphatic rings. The van der Waals surface area contributed by atoms with Gasteiger partial charge in [-0.05, 0) is 23.5 Å². The smallest absolute Gasteiger partial charge is 0.338 e. The number of rotatable bonds is 7. The minimum atomic E-state index is -0.620. The molecule has 0 aliphatic carbocycles. The summed E-state index contributed by atoms with van der Waals surface area (Å²) in [4.78, 5) is 43.8. The molecule has 8 nitrogen and oxygen atoms in total. The highest BCUT2D eigenvalue weighted by atomic mass is 16.5. The van der Waals surface area contributed by atoms with E-state index in [1.807, 2.05) is 29.2 Å². The largest absolute Gasteiger partial charge is 0.463 e. The van der Waals surface area contributed by atoms with E-state index in [1.54, 1.807) is 24.8 Å². The van der Waals surface area contributed by atoms with Gasteiger partial charge in [0.25, 0.3) is 0 Å². The lowest BCUT2D eigenvalue weighted by Gasteiger charge is -2.40. The van der Waals surface area contributed by atoms with Crippen molar-refractivity contribution in [3.63, 3.8) is 0 Å². The molecular weight excluding hydrogens is 444 g/mol. The summed E-state index contributed by atoms with van der Waals surface area (Å²) < 4.78 is 5.47. The summed E-state index contributed by atoms with van der Waals surface area (Å²) >= 11 is 0. The van der Waals surface area contributed by atoms with Crippen molar-refractivity contribution in [2.24, 2.45) is 0 Å². The highest BCUT2D eigenvalue weighted by molar-refractivity contribution is 5.95. The molecule has 190 valence electrons. The molecule has 3 amide bonds. The van der Waals surface area contributed by atoms with Gasteiger partial charge < -0.3 is 15.0 Å². The van der Waals surface area contributed by atoms with E-state index in [1.165, 1.54) is 5.56 Å². The Hall–Kier alpha value is -3.13. The van der Waals surface area contributed by atoms with Crippen LogP contribution in [0.5, 0.6) is 0 Å². The van der Waals surface area contributed by atoms with Gasteiger partial charge in [0.2, 0.25) is 5.91 Å². The fourth-order valence-electron chi connectivity index (χ4n) is 4.50. The molecule has 0 radical (unpaired) electrons.